The fraction of sp³-hybridized carbons (Fsp3) is 0.105. The lowest BCUT2D eigenvalue weighted by Crippen LogP contribution is -2.13. The van der Waals surface area contributed by atoms with Crippen molar-refractivity contribution in [3.63, 3.8) is 0 Å². The molecule has 3 rings (SSSR count). The Bertz CT molecular complexity index is 1080. The van der Waals surface area contributed by atoms with Gasteiger partial charge in [0.05, 0.1) is 11.1 Å². The van der Waals surface area contributed by atoms with Crippen LogP contribution in [0.5, 0.6) is 0 Å². The standard InChI is InChI=1S/C19H13BrFNO4S/c1-8-9(2)14(18(23)24)15(17-22-5-6-27-17)16(19(25)26)13(8)11-4-3-10(21)7-12(11)20/h3-7H,1-2H3,(H,23,24)(H,25,26). The maximum absolute atomic E-state index is 13.5. The van der Waals surface area contributed by atoms with Gasteiger partial charge in [0.25, 0.3) is 0 Å². The lowest BCUT2D eigenvalue weighted by Gasteiger charge is -2.20. The van der Waals surface area contributed by atoms with E-state index in [1.807, 2.05) is 0 Å². The van der Waals surface area contributed by atoms with Gasteiger partial charge in [0.2, 0.25) is 0 Å². The molecule has 3 aromatic rings. The number of hydrogen-bond donors (Lipinski definition) is 2. The van der Waals surface area contributed by atoms with Crippen molar-refractivity contribution in [2.75, 3.05) is 0 Å². The first kappa shape index (κ1) is 19.2. The van der Waals surface area contributed by atoms with Crippen LogP contribution in [0.15, 0.2) is 34.2 Å². The van der Waals surface area contributed by atoms with E-state index in [1.165, 1.54) is 24.4 Å². The number of aromatic nitrogens is 1. The Morgan fingerprint density at radius 2 is 1.74 bits per heavy atom. The van der Waals surface area contributed by atoms with E-state index < -0.39 is 17.8 Å². The molecule has 0 spiro atoms. The van der Waals surface area contributed by atoms with Gasteiger partial charge < -0.3 is 10.2 Å². The molecule has 0 bridgehead atoms. The van der Waals surface area contributed by atoms with Crippen molar-refractivity contribution >= 4 is 39.2 Å². The van der Waals surface area contributed by atoms with Crippen molar-refractivity contribution in [2.24, 2.45) is 0 Å². The molecule has 27 heavy (non-hydrogen) atoms. The van der Waals surface area contributed by atoms with Gasteiger partial charge in [0.1, 0.15) is 10.8 Å². The third-order valence-electron chi connectivity index (χ3n) is 4.34. The minimum absolute atomic E-state index is 0.0549. The van der Waals surface area contributed by atoms with Crippen LogP contribution < -0.4 is 0 Å². The van der Waals surface area contributed by atoms with Crippen LogP contribution in [0.2, 0.25) is 0 Å². The molecular formula is C19H13BrFNO4S. The highest BCUT2D eigenvalue weighted by Gasteiger charge is 2.30. The molecule has 0 atom stereocenters. The van der Waals surface area contributed by atoms with Gasteiger partial charge >= 0.3 is 11.9 Å². The van der Waals surface area contributed by atoms with Gasteiger partial charge in [-0.2, -0.15) is 0 Å². The summed E-state index contributed by atoms with van der Waals surface area (Å²) in [5.41, 5.74) is 1.52. The summed E-state index contributed by atoms with van der Waals surface area (Å²) in [5, 5.41) is 21.7. The van der Waals surface area contributed by atoms with Crippen molar-refractivity contribution in [3.8, 4) is 21.7 Å². The molecule has 138 valence electrons. The SMILES string of the molecule is Cc1c(C)c(-c2ccc(F)cc2Br)c(C(=O)O)c(-c2nccs2)c1C(=O)O. The second-order valence-electron chi connectivity index (χ2n) is 5.82. The van der Waals surface area contributed by atoms with Crippen molar-refractivity contribution in [1.82, 2.24) is 4.98 Å². The molecule has 0 amide bonds. The maximum atomic E-state index is 13.5. The normalized spacial score (nSPS) is 10.8. The highest BCUT2D eigenvalue weighted by molar-refractivity contribution is 9.10. The van der Waals surface area contributed by atoms with Crippen LogP contribution in [0, 0.1) is 19.7 Å². The fourth-order valence-electron chi connectivity index (χ4n) is 3.07. The third kappa shape index (κ3) is 3.26. The summed E-state index contributed by atoms with van der Waals surface area (Å²) in [6, 6.07) is 3.94. The average molecular weight is 450 g/mol. The number of carboxylic acid groups (broad SMARTS) is 2. The molecule has 0 radical (unpaired) electrons. The lowest BCUT2D eigenvalue weighted by atomic mass is 9.84. The number of carboxylic acids is 2. The van der Waals surface area contributed by atoms with Crippen LogP contribution in [0.4, 0.5) is 4.39 Å². The largest absolute Gasteiger partial charge is 0.478 e. The summed E-state index contributed by atoms with van der Waals surface area (Å²) in [5.74, 6) is -2.98. The zero-order valence-electron chi connectivity index (χ0n) is 14.2. The minimum atomic E-state index is -1.28. The molecule has 2 aromatic carbocycles. The number of hydrogen-bond acceptors (Lipinski definition) is 4. The number of benzene rings is 2. The van der Waals surface area contributed by atoms with Gasteiger partial charge in [0.15, 0.2) is 0 Å². The molecule has 0 aliphatic heterocycles. The van der Waals surface area contributed by atoms with Gasteiger partial charge in [0, 0.05) is 27.2 Å². The van der Waals surface area contributed by atoms with Crippen LogP contribution in [-0.2, 0) is 0 Å². The van der Waals surface area contributed by atoms with Gasteiger partial charge in [-0.1, -0.05) is 22.0 Å². The van der Waals surface area contributed by atoms with E-state index in [4.69, 9.17) is 0 Å². The summed E-state index contributed by atoms with van der Waals surface area (Å²) in [6.07, 6.45) is 1.49. The smallest absolute Gasteiger partial charge is 0.337 e. The highest BCUT2D eigenvalue weighted by Crippen LogP contribution is 2.43. The summed E-state index contributed by atoms with van der Waals surface area (Å²) >= 11 is 4.44. The van der Waals surface area contributed by atoms with E-state index in [2.05, 4.69) is 20.9 Å². The molecule has 1 aromatic heterocycles. The van der Waals surface area contributed by atoms with Gasteiger partial charge in [-0.25, -0.2) is 19.0 Å². The van der Waals surface area contributed by atoms with Crippen molar-refractivity contribution in [1.29, 1.82) is 0 Å². The molecule has 5 nitrogen and oxygen atoms in total. The molecular weight excluding hydrogens is 437 g/mol. The summed E-state index contributed by atoms with van der Waals surface area (Å²) < 4.78 is 13.9. The average Bonchev–Trinajstić information content (AvgIpc) is 3.11. The number of nitrogens with zero attached hydrogens (tertiary/aromatic N) is 1. The van der Waals surface area contributed by atoms with Crippen molar-refractivity contribution in [2.45, 2.75) is 13.8 Å². The third-order valence-corrected chi connectivity index (χ3v) is 5.78. The van der Waals surface area contributed by atoms with Crippen LogP contribution >= 0.6 is 27.3 Å². The van der Waals surface area contributed by atoms with Crippen LogP contribution in [0.25, 0.3) is 21.7 Å². The second kappa shape index (κ2) is 7.21. The Morgan fingerprint density at radius 1 is 1.07 bits per heavy atom. The Kier molecular flexibility index (Phi) is 5.12. The zero-order chi connectivity index (χ0) is 19.9. The Labute approximate surface area is 166 Å². The summed E-state index contributed by atoms with van der Waals surface area (Å²) in [4.78, 5) is 28.3. The molecule has 2 N–H and O–H groups in total. The van der Waals surface area contributed by atoms with E-state index in [0.29, 0.717) is 31.7 Å². The van der Waals surface area contributed by atoms with Crippen molar-refractivity contribution in [3.05, 3.63) is 62.3 Å². The zero-order valence-corrected chi connectivity index (χ0v) is 16.6. The number of rotatable bonds is 4. The minimum Gasteiger partial charge on any atom is -0.478 e. The molecule has 0 fully saturated rings. The monoisotopic (exact) mass is 449 g/mol. The van der Waals surface area contributed by atoms with E-state index >= 15 is 0 Å². The number of halogens is 2. The van der Waals surface area contributed by atoms with E-state index in [1.54, 1.807) is 19.2 Å². The highest BCUT2D eigenvalue weighted by atomic mass is 79.9. The predicted octanol–water partition coefficient (Wildman–Crippen LogP) is 5.39. The molecule has 8 heteroatoms. The first-order valence-corrected chi connectivity index (χ1v) is 9.40. The fourth-order valence-corrected chi connectivity index (χ4v) is 4.31. The van der Waals surface area contributed by atoms with Crippen LogP contribution in [0.1, 0.15) is 31.8 Å². The van der Waals surface area contributed by atoms with E-state index in [0.717, 1.165) is 11.3 Å². The van der Waals surface area contributed by atoms with E-state index in [9.17, 15) is 24.2 Å². The molecule has 0 aliphatic rings. The maximum Gasteiger partial charge on any atom is 0.337 e. The van der Waals surface area contributed by atoms with E-state index in [-0.39, 0.29) is 16.7 Å². The predicted molar refractivity (Wildman–Crippen MR) is 104 cm³/mol. The van der Waals surface area contributed by atoms with Crippen LogP contribution in [-0.4, -0.2) is 27.1 Å². The first-order chi connectivity index (χ1) is 12.7. The number of carbonyl (C=O) groups is 2. The van der Waals surface area contributed by atoms with Crippen molar-refractivity contribution < 1.29 is 24.2 Å². The summed E-state index contributed by atoms with van der Waals surface area (Å²) in [7, 11) is 0. The first-order valence-electron chi connectivity index (χ1n) is 7.73. The molecule has 0 saturated heterocycles. The molecule has 1 heterocycles. The number of thiazole rings is 1. The van der Waals surface area contributed by atoms with Gasteiger partial charge in [-0.3, -0.25) is 0 Å². The Balaban J connectivity index is 2.55. The quantitative estimate of drug-likeness (QED) is 0.557. The molecule has 0 aliphatic carbocycles. The number of aromatic carboxylic acids is 2. The molecule has 0 saturated carbocycles. The molecule has 0 unspecified atom stereocenters. The lowest BCUT2D eigenvalue weighted by molar-refractivity contribution is 0.0695. The Morgan fingerprint density at radius 3 is 2.26 bits per heavy atom. The van der Waals surface area contributed by atoms with Gasteiger partial charge in [-0.15, -0.1) is 11.3 Å². The topological polar surface area (TPSA) is 87.5 Å². The second-order valence-corrected chi connectivity index (χ2v) is 7.57. The van der Waals surface area contributed by atoms with Crippen LogP contribution in [0.3, 0.4) is 0 Å². The Hall–Kier alpha value is -2.58. The van der Waals surface area contributed by atoms with Gasteiger partial charge in [-0.05, 0) is 42.7 Å². The summed E-state index contributed by atoms with van der Waals surface area (Å²) in [6.45, 7) is 3.29.